The first-order valence-corrected chi connectivity index (χ1v) is 11.4. The molecule has 0 atom stereocenters. The lowest BCUT2D eigenvalue weighted by Gasteiger charge is -2.09. The van der Waals surface area contributed by atoms with Crippen LogP contribution in [0.3, 0.4) is 0 Å². The van der Waals surface area contributed by atoms with Gasteiger partial charge in [-0.05, 0) is 48.5 Å². The third kappa shape index (κ3) is 7.41. The van der Waals surface area contributed by atoms with Gasteiger partial charge in [0.25, 0.3) is 0 Å². The Kier molecular flexibility index (Phi) is 9.48. The smallest absolute Gasteiger partial charge is 0.339 e. The summed E-state index contributed by atoms with van der Waals surface area (Å²) in [6.45, 7) is 0. The van der Waals surface area contributed by atoms with Gasteiger partial charge < -0.3 is 31.6 Å². The number of ether oxygens (including phenoxy) is 2. The van der Waals surface area contributed by atoms with E-state index in [-0.39, 0.29) is 11.1 Å². The summed E-state index contributed by atoms with van der Waals surface area (Å²) in [6, 6.07) is 17.0. The number of aromatic nitrogens is 3. The SMILES string of the molecule is COC(=O)c1cnc(Nc2ccc(C#N)cc2)c(N)c1.COC(=O)c1cnc(Nc2ccc(C#N)nc2)c(N)c1. The number of esters is 2. The molecule has 1 aromatic carbocycles. The summed E-state index contributed by atoms with van der Waals surface area (Å²) in [5.74, 6) is -0.170. The van der Waals surface area contributed by atoms with Crippen LogP contribution in [0.1, 0.15) is 32.0 Å². The second kappa shape index (κ2) is 13.4. The molecule has 0 amide bonds. The van der Waals surface area contributed by atoms with Gasteiger partial charge in [-0.15, -0.1) is 0 Å². The standard InChI is InChI=1S/C14H12N4O2.C13H11N5O2/c1-20-14(19)10-6-12(16)13(17-8-10)18-11-4-2-9(7-15)3-5-11;1-20-13(19)8-4-11(15)12(17-6-8)18-10-3-2-9(5-14)16-7-10/h2-6,8H,16H2,1H3,(H,17,18);2-4,6-7H,15H2,1H3,(H,17,18). The number of nitrogens with one attached hydrogen (secondary N) is 2. The van der Waals surface area contributed by atoms with Gasteiger partial charge in [-0.2, -0.15) is 10.5 Å². The molecule has 0 aliphatic rings. The van der Waals surface area contributed by atoms with E-state index in [0.29, 0.717) is 40.0 Å². The first kappa shape index (κ1) is 28.4. The average molecular weight is 538 g/mol. The van der Waals surface area contributed by atoms with Crippen LogP contribution in [-0.2, 0) is 9.47 Å². The maximum absolute atomic E-state index is 11.3. The molecule has 13 nitrogen and oxygen atoms in total. The molecule has 40 heavy (non-hydrogen) atoms. The number of anilines is 6. The van der Waals surface area contributed by atoms with Gasteiger partial charge in [-0.1, -0.05) is 0 Å². The summed E-state index contributed by atoms with van der Waals surface area (Å²) in [5, 5.41) is 23.3. The Morgan fingerprint density at radius 3 is 1.62 bits per heavy atom. The maximum Gasteiger partial charge on any atom is 0.339 e. The average Bonchev–Trinajstić information content (AvgIpc) is 2.99. The number of methoxy groups -OCH3 is 2. The van der Waals surface area contributed by atoms with Gasteiger partial charge in [0.2, 0.25) is 0 Å². The summed E-state index contributed by atoms with van der Waals surface area (Å²) < 4.78 is 9.17. The quantitative estimate of drug-likeness (QED) is 0.259. The van der Waals surface area contributed by atoms with Crippen molar-refractivity contribution >= 4 is 46.3 Å². The molecule has 0 unspecified atom stereocenters. The zero-order valence-corrected chi connectivity index (χ0v) is 21.4. The van der Waals surface area contributed by atoms with E-state index in [2.05, 4.69) is 35.1 Å². The summed E-state index contributed by atoms with van der Waals surface area (Å²) in [6.07, 6.45) is 4.24. The van der Waals surface area contributed by atoms with Crippen LogP contribution in [-0.4, -0.2) is 41.1 Å². The van der Waals surface area contributed by atoms with Crippen LogP contribution in [0.2, 0.25) is 0 Å². The zero-order chi connectivity index (χ0) is 29.1. The molecule has 200 valence electrons. The highest BCUT2D eigenvalue weighted by Gasteiger charge is 2.11. The van der Waals surface area contributed by atoms with Crippen LogP contribution in [0.15, 0.2) is 67.1 Å². The monoisotopic (exact) mass is 537 g/mol. The van der Waals surface area contributed by atoms with Gasteiger partial charge in [0.15, 0.2) is 11.6 Å². The first-order valence-electron chi connectivity index (χ1n) is 11.4. The molecule has 0 bridgehead atoms. The molecule has 0 radical (unpaired) electrons. The summed E-state index contributed by atoms with van der Waals surface area (Å²) in [7, 11) is 2.58. The molecule has 4 aromatic rings. The van der Waals surface area contributed by atoms with E-state index >= 15 is 0 Å². The summed E-state index contributed by atoms with van der Waals surface area (Å²) in [5.41, 5.74) is 15.1. The molecule has 0 aliphatic heterocycles. The Balaban J connectivity index is 0.000000220. The third-order valence-corrected chi connectivity index (χ3v) is 5.09. The molecule has 3 aromatic heterocycles. The number of carbonyl (C=O) groups is 2. The Morgan fingerprint density at radius 2 is 1.23 bits per heavy atom. The molecule has 0 fully saturated rings. The number of nitrogens with zero attached hydrogens (tertiary/aromatic N) is 5. The lowest BCUT2D eigenvalue weighted by atomic mass is 10.2. The van der Waals surface area contributed by atoms with Crippen molar-refractivity contribution in [3.8, 4) is 12.1 Å². The van der Waals surface area contributed by atoms with E-state index in [1.807, 2.05) is 12.1 Å². The molecule has 3 heterocycles. The van der Waals surface area contributed by atoms with Crippen molar-refractivity contribution in [1.82, 2.24) is 15.0 Å². The molecule has 13 heteroatoms. The number of nitriles is 2. The van der Waals surface area contributed by atoms with Crippen molar-refractivity contribution in [2.75, 3.05) is 36.3 Å². The van der Waals surface area contributed by atoms with Crippen molar-refractivity contribution in [3.05, 3.63) is 89.5 Å². The Bertz CT molecular complexity index is 1470. The molecule has 0 spiro atoms. The lowest BCUT2D eigenvalue weighted by Crippen LogP contribution is -2.06. The Labute approximate surface area is 229 Å². The summed E-state index contributed by atoms with van der Waals surface area (Å²) >= 11 is 0. The number of nitrogens with two attached hydrogens (primary N) is 2. The van der Waals surface area contributed by atoms with E-state index in [1.54, 1.807) is 36.4 Å². The number of benzene rings is 1. The van der Waals surface area contributed by atoms with Gasteiger partial charge in [-0.25, -0.2) is 24.5 Å². The fourth-order valence-corrected chi connectivity index (χ4v) is 3.07. The van der Waals surface area contributed by atoms with Gasteiger partial charge in [-0.3, -0.25) is 0 Å². The third-order valence-electron chi connectivity index (χ3n) is 5.09. The highest BCUT2D eigenvalue weighted by atomic mass is 16.5. The van der Waals surface area contributed by atoms with Crippen LogP contribution in [0.5, 0.6) is 0 Å². The minimum atomic E-state index is -0.504. The van der Waals surface area contributed by atoms with Crippen molar-refractivity contribution in [1.29, 1.82) is 10.5 Å². The molecule has 0 aliphatic carbocycles. The van der Waals surface area contributed by atoms with Crippen molar-refractivity contribution < 1.29 is 19.1 Å². The highest BCUT2D eigenvalue weighted by molar-refractivity contribution is 5.91. The molecule has 0 saturated heterocycles. The minimum Gasteiger partial charge on any atom is -0.465 e. The maximum atomic E-state index is 11.3. The predicted octanol–water partition coefficient (Wildman–Crippen LogP) is 3.53. The van der Waals surface area contributed by atoms with E-state index in [0.717, 1.165) is 5.69 Å². The van der Waals surface area contributed by atoms with Gasteiger partial charge >= 0.3 is 11.9 Å². The van der Waals surface area contributed by atoms with Crippen molar-refractivity contribution in [2.45, 2.75) is 0 Å². The normalized spacial score (nSPS) is 9.60. The van der Waals surface area contributed by atoms with Crippen LogP contribution in [0.25, 0.3) is 0 Å². The van der Waals surface area contributed by atoms with Gasteiger partial charge in [0.05, 0.1) is 60.2 Å². The minimum absolute atomic E-state index is 0.272. The second-order valence-electron chi connectivity index (χ2n) is 7.79. The number of hydrogen-bond donors (Lipinski definition) is 4. The molecular formula is C27H23N9O4. The van der Waals surface area contributed by atoms with E-state index in [9.17, 15) is 9.59 Å². The number of rotatable bonds is 6. The van der Waals surface area contributed by atoms with Crippen molar-refractivity contribution in [3.63, 3.8) is 0 Å². The fourth-order valence-electron chi connectivity index (χ4n) is 3.07. The number of carbonyl (C=O) groups excluding carboxylic acids is 2. The lowest BCUT2D eigenvalue weighted by molar-refractivity contribution is 0.0591. The molecule has 4 rings (SSSR count). The van der Waals surface area contributed by atoms with Crippen LogP contribution in [0, 0.1) is 22.7 Å². The van der Waals surface area contributed by atoms with Crippen molar-refractivity contribution in [2.24, 2.45) is 0 Å². The number of nitrogen functional groups attached to an aromatic ring is 2. The van der Waals surface area contributed by atoms with E-state index < -0.39 is 11.9 Å². The number of pyridine rings is 3. The zero-order valence-electron chi connectivity index (χ0n) is 21.4. The van der Waals surface area contributed by atoms with Crippen LogP contribution in [0.4, 0.5) is 34.4 Å². The van der Waals surface area contributed by atoms with Crippen LogP contribution < -0.4 is 22.1 Å². The van der Waals surface area contributed by atoms with E-state index in [4.69, 9.17) is 22.0 Å². The largest absolute Gasteiger partial charge is 0.465 e. The topological polar surface area (TPSA) is 215 Å². The van der Waals surface area contributed by atoms with Gasteiger partial charge in [0, 0.05) is 18.1 Å². The number of hydrogen-bond acceptors (Lipinski definition) is 13. The summed E-state index contributed by atoms with van der Waals surface area (Å²) in [4.78, 5) is 34.7. The van der Waals surface area contributed by atoms with E-state index in [1.165, 1.54) is 44.9 Å². The molecule has 0 saturated carbocycles. The second-order valence-corrected chi connectivity index (χ2v) is 7.79. The Hall–Kier alpha value is -6.21. The van der Waals surface area contributed by atoms with Crippen LogP contribution >= 0.6 is 0 Å². The highest BCUT2D eigenvalue weighted by Crippen LogP contribution is 2.23. The fraction of sp³-hybridized carbons (Fsp3) is 0.0741. The van der Waals surface area contributed by atoms with Gasteiger partial charge in [0.1, 0.15) is 11.8 Å². The molecule has 6 N–H and O–H groups in total. The molecular weight excluding hydrogens is 514 g/mol. The predicted molar refractivity (Wildman–Crippen MR) is 147 cm³/mol. The Morgan fingerprint density at radius 1 is 0.725 bits per heavy atom. The first-order chi connectivity index (χ1) is 19.3.